The van der Waals surface area contributed by atoms with Crippen molar-refractivity contribution >= 4 is 66.0 Å². The van der Waals surface area contributed by atoms with E-state index in [-0.39, 0.29) is 5.75 Å². The van der Waals surface area contributed by atoms with Gasteiger partial charge < -0.3 is 47.6 Å². The lowest BCUT2D eigenvalue weighted by atomic mass is 10.1. The average Bonchev–Trinajstić information content (AvgIpc) is 2.87. The van der Waals surface area contributed by atoms with E-state index < -0.39 is 123 Å². The van der Waals surface area contributed by atoms with Crippen molar-refractivity contribution in [1.29, 1.82) is 0 Å². The molecule has 0 aliphatic rings. The predicted octanol–water partition coefficient (Wildman–Crippen LogP) is -3.93. The number of hydrogen-bond donors (Lipinski definition) is 10. The van der Waals surface area contributed by atoms with Crippen LogP contribution in [0.15, 0.2) is 0 Å². The van der Waals surface area contributed by atoms with Gasteiger partial charge in [-0.15, -0.1) is 0 Å². The van der Waals surface area contributed by atoms with Crippen molar-refractivity contribution in [3.63, 3.8) is 0 Å². The smallest absolute Gasteiger partial charge is 0.303 e. The quantitative estimate of drug-likeness (QED) is 0.0594. The number of carboxylic acid groups (broad SMARTS) is 3. The van der Waals surface area contributed by atoms with Crippen LogP contribution in [0.5, 0.6) is 0 Å². The van der Waals surface area contributed by atoms with Crippen molar-refractivity contribution in [2.45, 2.75) is 69.6 Å². The molecule has 0 saturated heterocycles. The van der Waals surface area contributed by atoms with Gasteiger partial charge in [0.05, 0.1) is 6.54 Å². The summed E-state index contributed by atoms with van der Waals surface area (Å²) >= 11 is 3.88. The van der Waals surface area contributed by atoms with Crippen LogP contribution in [0.1, 0.15) is 45.4 Å². The number of thiol groups is 1. The average molecular weight is 607 g/mol. The van der Waals surface area contributed by atoms with Gasteiger partial charge >= 0.3 is 17.9 Å². The van der Waals surface area contributed by atoms with Gasteiger partial charge in [-0.05, 0) is 19.3 Å². The molecule has 4 atom stereocenters. The summed E-state index contributed by atoms with van der Waals surface area (Å²) in [6, 6.07) is -6.00. The van der Waals surface area contributed by atoms with E-state index in [4.69, 9.17) is 21.1 Å². The van der Waals surface area contributed by atoms with E-state index in [2.05, 4.69) is 39.2 Å². The van der Waals surface area contributed by atoms with Crippen LogP contribution in [0.4, 0.5) is 0 Å². The second kappa shape index (κ2) is 18.8. The topological polar surface area (TPSA) is 300 Å². The van der Waals surface area contributed by atoms with Crippen LogP contribution in [0.3, 0.4) is 0 Å². The van der Waals surface area contributed by atoms with E-state index in [0.29, 0.717) is 0 Å². The highest BCUT2D eigenvalue weighted by Crippen LogP contribution is 2.06. The Morgan fingerprint density at radius 2 is 0.976 bits per heavy atom. The van der Waals surface area contributed by atoms with Crippen molar-refractivity contribution < 1.29 is 58.5 Å². The van der Waals surface area contributed by atoms with Gasteiger partial charge in [-0.1, -0.05) is 0 Å². The van der Waals surface area contributed by atoms with Gasteiger partial charge in [0.2, 0.25) is 35.4 Å². The van der Waals surface area contributed by atoms with Gasteiger partial charge in [0.25, 0.3) is 0 Å². The lowest BCUT2D eigenvalue weighted by Gasteiger charge is -2.25. The first kappa shape index (κ1) is 36.6. The fraction of sp³-hybridized carbons (Fsp3) is 0.591. The first-order chi connectivity index (χ1) is 19.1. The zero-order valence-corrected chi connectivity index (χ0v) is 22.9. The maximum absolute atomic E-state index is 13.0. The molecule has 0 fully saturated rings. The second-order valence-corrected chi connectivity index (χ2v) is 8.96. The third-order valence-corrected chi connectivity index (χ3v) is 5.56. The Labute approximate surface area is 238 Å². The fourth-order valence-electron chi connectivity index (χ4n) is 3.08. The van der Waals surface area contributed by atoms with E-state index in [1.165, 1.54) is 0 Å². The molecule has 0 aliphatic carbocycles. The van der Waals surface area contributed by atoms with Crippen molar-refractivity contribution in [3.8, 4) is 0 Å². The lowest BCUT2D eigenvalue weighted by molar-refractivity contribution is -0.140. The number of aliphatic carboxylic acids is 3. The highest BCUT2D eigenvalue weighted by Gasteiger charge is 2.31. The summed E-state index contributed by atoms with van der Waals surface area (Å²) in [6.07, 6.45) is -3.28. The van der Waals surface area contributed by atoms with Crippen LogP contribution in [0.25, 0.3) is 0 Å². The summed E-state index contributed by atoms with van der Waals surface area (Å²) in [5, 5.41) is 38.1. The van der Waals surface area contributed by atoms with E-state index in [1.54, 1.807) is 0 Å². The first-order valence-corrected chi connectivity index (χ1v) is 12.7. The Kier molecular flexibility index (Phi) is 16.8. The highest BCUT2D eigenvalue weighted by molar-refractivity contribution is 7.80. The fourth-order valence-corrected chi connectivity index (χ4v) is 3.35. The normalized spacial score (nSPS) is 13.3. The van der Waals surface area contributed by atoms with Crippen LogP contribution in [-0.4, -0.2) is 105 Å². The lowest BCUT2D eigenvalue weighted by Crippen LogP contribution is -2.58. The molecule has 6 amide bonds. The molecule has 0 saturated carbocycles. The molecule has 0 radical (unpaired) electrons. The molecular formula is C22H34N6O12S. The van der Waals surface area contributed by atoms with Gasteiger partial charge in [-0.25, -0.2) is 0 Å². The van der Waals surface area contributed by atoms with Crippen LogP contribution in [0.2, 0.25) is 0 Å². The van der Waals surface area contributed by atoms with Crippen molar-refractivity contribution in [3.05, 3.63) is 0 Å². The molecule has 0 aromatic carbocycles. The molecule has 0 spiro atoms. The van der Waals surface area contributed by atoms with Crippen LogP contribution < -0.4 is 32.3 Å². The third-order valence-electron chi connectivity index (χ3n) is 5.20. The Balaban J connectivity index is 5.90. The van der Waals surface area contributed by atoms with Crippen molar-refractivity contribution in [2.24, 2.45) is 5.73 Å². The minimum Gasteiger partial charge on any atom is -0.481 e. The molecule has 0 unspecified atom stereocenters. The number of primary amides is 1. The molecule has 0 rings (SSSR count). The Hall–Kier alpha value is -4.42. The summed E-state index contributed by atoms with van der Waals surface area (Å²) in [4.78, 5) is 106. The molecule has 18 nitrogen and oxygen atoms in total. The predicted molar refractivity (Wildman–Crippen MR) is 140 cm³/mol. The zero-order chi connectivity index (χ0) is 31.7. The Morgan fingerprint density at radius 1 is 0.634 bits per heavy atom. The zero-order valence-electron chi connectivity index (χ0n) is 22.0. The first-order valence-electron chi connectivity index (χ1n) is 12.1. The molecule has 230 valence electrons. The maximum atomic E-state index is 13.0. The van der Waals surface area contributed by atoms with E-state index in [9.17, 15) is 43.2 Å². The van der Waals surface area contributed by atoms with Gasteiger partial charge in [0.15, 0.2) is 0 Å². The van der Waals surface area contributed by atoms with E-state index in [0.717, 1.165) is 6.92 Å². The number of rotatable bonds is 20. The minimum atomic E-state index is -1.64. The molecule has 0 aromatic heterocycles. The molecule has 0 aromatic rings. The number of carbonyl (C=O) groups is 9. The van der Waals surface area contributed by atoms with Crippen LogP contribution in [0, 0.1) is 0 Å². The molecule has 19 heteroatoms. The van der Waals surface area contributed by atoms with Crippen molar-refractivity contribution in [1.82, 2.24) is 26.6 Å². The molecule has 0 heterocycles. The van der Waals surface area contributed by atoms with Gasteiger partial charge in [0.1, 0.15) is 24.2 Å². The Morgan fingerprint density at radius 3 is 1.27 bits per heavy atom. The number of nitrogens with one attached hydrogen (secondary N) is 5. The Bertz CT molecular complexity index is 1020. The number of hydrogen-bond acceptors (Lipinski definition) is 10. The number of carboxylic acids is 3. The summed E-state index contributed by atoms with van der Waals surface area (Å²) in [5.41, 5.74) is 5.16. The maximum Gasteiger partial charge on any atom is 0.303 e. The minimum absolute atomic E-state index is 0.219. The molecule has 41 heavy (non-hydrogen) atoms. The van der Waals surface area contributed by atoms with Gasteiger partial charge in [-0.2, -0.15) is 12.6 Å². The largest absolute Gasteiger partial charge is 0.481 e. The SMILES string of the molecule is CC(=O)NCC(=O)N[C@@H](CCC(=O)O)C(=O)N[C@@H](CCC(=O)O)C(=O)N[C@@H](CCC(=O)O)C(=O)N[C@@H](CS)C(N)=O. The van der Waals surface area contributed by atoms with E-state index >= 15 is 0 Å². The van der Waals surface area contributed by atoms with Crippen LogP contribution >= 0.6 is 12.6 Å². The van der Waals surface area contributed by atoms with Gasteiger partial charge in [-0.3, -0.25) is 43.2 Å². The third kappa shape index (κ3) is 16.3. The molecular weight excluding hydrogens is 572 g/mol. The standard InChI is InChI=1S/C22H34N6O12S/c1-10(29)24-8-15(30)25-11(2-5-16(31)32)20(38)26-12(3-6-17(33)34)21(39)27-13(4-7-18(35)36)22(40)28-14(9-41)19(23)37/h11-14,41H,2-9H2,1H3,(H2,23,37)(H,24,29)(H,25,30)(H,26,38)(H,27,39)(H,28,40)(H,31,32)(H,33,34)(H,35,36)/t11-,12-,13-,14-/m0/s1. The molecule has 0 bridgehead atoms. The van der Waals surface area contributed by atoms with E-state index in [1.807, 2.05) is 0 Å². The van der Waals surface area contributed by atoms with Crippen molar-refractivity contribution in [2.75, 3.05) is 12.3 Å². The van der Waals surface area contributed by atoms with Gasteiger partial charge in [0, 0.05) is 31.9 Å². The summed E-state index contributed by atoms with van der Waals surface area (Å²) < 4.78 is 0. The highest BCUT2D eigenvalue weighted by atomic mass is 32.1. The summed E-state index contributed by atoms with van der Waals surface area (Å²) in [6.45, 7) is 0.581. The van der Waals surface area contributed by atoms with Crippen LogP contribution in [-0.2, 0) is 43.2 Å². The second-order valence-electron chi connectivity index (χ2n) is 8.60. The summed E-state index contributed by atoms with van der Waals surface area (Å²) in [5.74, 6) is -9.82. The molecule has 0 aliphatic heterocycles. The molecule has 10 N–H and O–H groups in total. The monoisotopic (exact) mass is 606 g/mol. The number of carbonyl (C=O) groups excluding carboxylic acids is 6. The number of nitrogens with two attached hydrogens (primary N) is 1. The number of amides is 6. The summed E-state index contributed by atoms with van der Waals surface area (Å²) in [7, 11) is 0.